The number of carbonyl (C=O) groups excluding carboxylic acids is 2. The van der Waals surface area contributed by atoms with Gasteiger partial charge in [0.15, 0.2) is 23.7 Å². The quantitative estimate of drug-likeness (QED) is 0.313. The number of rotatable bonds is 5. The zero-order valence-electron chi connectivity index (χ0n) is 23.7. The number of esters is 1. The Bertz CT molecular complexity index is 1520. The summed E-state index contributed by atoms with van der Waals surface area (Å²) in [5.74, 6) is -3.61. The second kappa shape index (κ2) is 11.1. The number of alkyl halides is 3. The number of nitrogens with one attached hydrogen (secondary N) is 1. The zero-order chi connectivity index (χ0) is 32.2. The van der Waals surface area contributed by atoms with Gasteiger partial charge >= 0.3 is 18.1 Å². The Hall–Kier alpha value is -4.14. The Labute approximate surface area is 249 Å². The summed E-state index contributed by atoms with van der Waals surface area (Å²) in [4.78, 5) is 36.7. The molecule has 2 aromatic rings. The molecule has 2 aliphatic carbocycles. The van der Waals surface area contributed by atoms with Gasteiger partial charge in [-0.15, -0.1) is 0 Å². The lowest BCUT2D eigenvalue weighted by molar-refractivity contribution is -0.192. The number of aliphatic carboxylic acids is 1. The number of nitrogens with zero attached hydrogens (tertiary/aromatic N) is 1. The molecule has 2 bridgehead atoms. The van der Waals surface area contributed by atoms with Crippen LogP contribution in [0.1, 0.15) is 42.6 Å². The fraction of sp³-hybridized carbons (Fsp3) is 0.433. The van der Waals surface area contributed by atoms with Crippen molar-refractivity contribution in [3.63, 3.8) is 0 Å². The number of phenols is 1. The van der Waals surface area contributed by atoms with Crippen molar-refractivity contribution in [1.82, 2.24) is 10.2 Å². The number of hydrogen-bond acceptors (Lipinski definition) is 9. The number of benzene rings is 2. The van der Waals surface area contributed by atoms with Gasteiger partial charge in [0.1, 0.15) is 11.8 Å². The van der Waals surface area contributed by atoms with E-state index in [-0.39, 0.29) is 24.0 Å². The third-order valence-electron chi connectivity index (χ3n) is 8.89. The summed E-state index contributed by atoms with van der Waals surface area (Å²) in [6.07, 6.45) is -4.17. The molecule has 2 unspecified atom stereocenters. The molecule has 0 saturated carbocycles. The van der Waals surface area contributed by atoms with Crippen molar-refractivity contribution < 1.29 is 57.5 Å². The van der Waals surface area contributed by atoms with E-state index in [9.17, 15) is 38.1 Å². The van der Waals surface area contributed by atoms with Crippen molar-refractivity contribution >= 4 is 17.8 Å². The number of carboxylic acid groups (broad SMARTS) is 1. The Morgan fingerprint density at radius 3 is 2.45 bits per heavy atom. The predicted octanol–water partition coefficient (Wildman–Crippen LogP) is 2.08. The maximum atomic E-state index is 13.1. The van der Waals surface area contributed by atoms with Crippen molar-refractivity contribution in [2.45, 2.75) is 67.7 Å². The number of halogens is 3. The highest BCUT2D eigenvalue weighted by Gasteiger charge is 2.72. The maximum Gasteiger partial charge on any atom is 0.490 e. The van der Waals surface area contributed by atoms with Crippen LogP contribution in [0.15, 0.2) is 54.3 Å². The number of phenolic OH excluding ortho intramolecular Hbond substituents is 1. The molecular formula is C30H31F3N2O9. The Kier molecular flexibility index (Phi) is 7.89. The molecule has 11 nitrogen and oxygen atoms in total. The summed E-state index contributed by atoms with van der Waals surface area (Å²) < 4.78 is 43.8. The van der Waals surface area contributed by atoms with Crippen LogP contribution in [0.5, 0.6) is 11.5 Å². The molecular weight excluding hydrogens is 589 g/mol. The first-order valence-electron chi connectivity index (χ1n) is 13.8. The van der Waals surface area contributed by atoms with E-state index in [1.54, 1.807) is 42.5 Å². The number of carboxylic acids is 1. The number of carbonyl (C=O) groups is 3. The van der Waals surface area contributed by atoms with Gasteiger partial charge in [-0.3, -0.25) is 4.79 Å². The van der Waals surface area contributed by atoms with Crippen LogP contribution >= 0.6 is 0 Å². The van der Waals surface area contributed by atoms with Gasteiger partial charge in [-0.25, -0.2) is 9.59 Å². The number of aliphatic hydroxyl groups is 2. The molecule has 4 aliphatic rings. The summed E-state index contributed by atoms with van der Waals surface area (Å²) >= 11 is 0. The lowest BCUT2D eigenvalue weighted by Crippen LogP contribution is -2.74. The highest BCUT2D eigenvalue weighted by Crippen LogP contribution is 2.65. The smallest absolute Gasteiger partial charge is 0.490 e. The van der Waals surface area contributed by atoms with Crippen LogP contribution in [0.4, 0.5) is 13.2 Å². The van der Waals surface area contributed by atoms with E-state index in [1.165, 1.54) is 6.92 Å². The first-order chi connectivity index (χ1) is 20.6. The Morgan fingerprint density at radius 1 is 1.16 bits per heavy atom. The first-order valence-corrected chi connectivity index (χ1v) is 13.8. The number of likely N-dealkylation sites (tertiary alicyclic amines) is 1. The van der Waals surface area contributed by atoms with Gasteiger partial charge in [0.2, 0.25) is 0 Å². The molecule has 1 saturated heterocycles. The molecule has 0 radical (unpaired) electrons. The van der Waals surface area contributed by atoms with Gasteiger partial charge < -0.3 is 40.1 Å². The van der Waals surface area contributed by atoms with Crippen molar-refractivity contribution in [2.24, 2.45) is 0 Å². The molecule has 1 amide bonds. The average molecular weight is 621 g/mol. The lowest BCUT2D eigenvalue weighted by Gasteiger charge is -2.61. The molecule has 1 spiro atoms. The summed E-state index contributed by atoms with van der Waals surface area (Å²) in [6.45, 7) is 2.20. The van der Waals surface area contributed by atoms with Gasteiger partial charge in [-0.1, -0.05) is 36.4 Å². The number of aliphatic hydroxyl groups excluding tert-OH is 1. The second-order valence-electron chi connectivity index (χ2n) is 11.4. The minimum atomic E-state index is -5.08. The highest BCUT2D eigenvalue weighted by molar-refractivity contribution is 5.87. The number of aromatic hydroxyl groups is 1. The Morgan fingerprint density at radius 2 is 1.82 bits per heavy atom. The molecule has 6 atom stereocenters. The second-order valence-corrected chi connectivity index (χ2v) is 11.4. The third kappa shape index (κ3) is 4.96. The normalized spacial score (nSPS) is 27.8. The van der Waals surface area contributed by atoms with Crippen molar-refractivity contribution in [3.8, 4) is 11.5 Å². The van der Waals surface area contributed by atoms with Crippen molar-refractivity contribution in [3.05, 3.63) is 71.0 Å². The van der Waals surface area contributed by atoms with Crippen LogP contribution in [0, 0.1) is 0 Å². The predicted molar refractivity (Wildman–Crippen MR) is 145 cm³/mol. The van der Waals surface area contributed by atoms with Crippen molar-refractivity contribution in [2.75, 3.05) is 13.6 Å². The third-order valence-corrected chi connectivity index (χ3v) is 8.89. The van der Waals surface area contributed by atoms with Crippen LogP contribution in [0.2, 0.25) is 0 Å². The largest absolute Gasteiger partial charge is 0.504 e. The molecule has 1 fully saturated rings. The SMILES string of the molecule is CC(NC(=O)C(O)c1ccccc1)C(=O)OC1=CC[C@@]2(O)[C@H]3Cc4ccc(O)c5c4[C@@]2(CCN3C)[C@H]1O5.O=C(O)C(F)(F)F. The summed E-state index contributed by atoms with van der Waals surface area (Å²) in [6, 6.07) is 10.7. The molecule has 6 rings (SSSR count). The minimum absolute atomic E-state index is 0.0107. The van der Waals surface area contributed by atoms with E-state index in [1.807, 2.05) is 13.1 Å². The summed E-state index contributed by atoms with van der Waals surface area (Å²) in [5, 5.41) is 42.8. The number of ether oxygens (including phenoxy) is 2. The highest BCUT2D eigenvalue weighted by atomic mass is 19.4. The zero-order valence-corrected chi connectivity index (χ0v) is 23.7. The first kappa shape index (κ1) is 31.3. The van der Waals surface area contributed by atoms with E-state index in [0.717, 1.165) is 11.1 Å². The number of hydrogen-bond donors (Lipinski definition) is 5. The van der Waals surface area contributed by atoms with Crippen LogP contribution in [-0.2, 0) is 31.0 Å². The molecule has 44 heavy (non-hydrogen) atoms. The van der Waals surface area contributed by atoms with Crippen LogP contribution in [0.3, 0.4) is 0 Å². The average Bonchev–Trinajstić information content (AvgIpc) is 3.34. The van der Waals surface area contributed by atoms with E-state index in [2.05, 4.69) is 10.2 Å². The van der Waals surface area contributed by atoms with E-state index in [4.69, 9.17) is 19.4 Å². The molecule has 5 N–H and O–H groups in total. The fourth-order valence-electron chi connectivity index (χ4n) is 6.78. The maximum absolute atomic E-state index is 13.1. The summed E-state index contributed by atoms with van der Waals surface area (Å²) in [5.41, 5.74) is 0.201. The lowest BCUT2D eigenvalue weighted by atomic mass is 9.50. The molecule has 236 valence electrons. The van der Waals surface area contributed by atoms with Crippen LogP contribution < -0.4 is 10.1 Å². The molecule has 2 aromatic carbocycles. The summed E-state index contributed by atoms with van der Waals surface area (Å²) in [7, 11) is 2.00. The monoisotopic (exact) mass is 620 g/mol. The van der Waals surface area contributed by atoms with E-state index in [0.29, 0.717) is 30.7 Å². The number of piperidine rings is 1. The molecule has 14 heteroatoms. The van der Waals surface area contributed by atoms with Crippen molar-refractivity contribution in [1.29, 1.82) is 0 Å². The minimum Gasteiger partial charge on any atom is -0.504 e. The standard InChI is InChI=1S/C28H30N2O7.C2HF3O2/c1-15(29-25(33)22(32)16-6-4-3-5-7-16)26(34)36-19-10-11-28(35)20-14-17-8-9-18(31)23-21(17)27(28,24(19)37-23)12-13-30(20)2;3-2(4,5)1(6)7/h3-10,15,20,22,24,31-32,35H,11-14H2,1-2H3,(H,29,33);(H,6,7)/t15?,20-,22?,24+,27+,28-;/m1./s1. The molecule has 0 aromatic heterocycles. The van der Waals surface area contributed by atoms with Crippen LogP contribution in [0.25, 0.3) is 0 Å². The van der Waals surface area contributed by atoms with E-state index < -0.39 is 53.3 Å². The number of likely N-dealkylation sites (N-methyl/N-ethyl adjacent to an activating group) is 1. The topological polar surface area (TPSA) is 166 Å². The van der Waals surface area contributed by atoms with Gasteiger partial charge in [0.25, 0.3) is 5.91 Å². The van der Waals surface area contributed by atoms with Crippen LogP contribution in [-0.4, -0.2) is 86.7 Å². The van der Waals surface area contributed by atoms with Gasteiger partial charge in [-0.05, 0) is 56.6 Å². The van der Waals surface area contributed by atoms with E-state index >= 15 is 0 Å². The molecule has 2 aliphatic heterocycles. The molecule has 2 heterocycles. The van der Waals surface area contributed by atoms with Gasteiger partial charge in [0.05, 0.1) is 11.0 Å². The Balaban J connectivity index is 0.000000493. The van der Waals surface area contributed by atoms with Gasteiger partial charge in [0, 0.05) is 18.0 Å². The number of amides is 1. The fourth-order valence-corrected chi connectivity index (χ4v) is 6.78. The van der Waals surface area contributed by atoms with Gasteiger partial charge in [-0.2, -0.15) is 13.2 Å².